The maximum absolute atomic E-state index is 12.9. The van der Waals surface area contributed by atoms with E-state index in [-0.39, 0.29) is 20.5 Å². The van der Waals surface area contributed by atoms with Gasteiger partial charge in [-0.1, -0.05) is 82.3 Å². The van der Waals surface area contributed by atoms with E-state index in [0.717, 1.165) is 0 Å². The average molecular weight is 462 g/mol. The third-order valence-corrected chi connectivity index (χ3v) is 7.01. The zero-order valence-electron chi connectivity index (χ0n) is 12.2. The van der Waals surface area contributed by atoms with Crippen molar-refractivity contribution in [3.8, 4) is 0 Å². The number of alkyl halides is 3. The Hall–Kier alpha value is -0.690. The normalized spacial score (nSPS) is 13.3. The van der Waals surface area contributed by atoms with Gasteiger partial charge in [-0.3, -0.25) is 4.79 Å². The molecule has 0 radical (unpaired) electrons. The van der Waals surface area contributed by atoms with Crippen molar-refractivity contribution in [2.45, 2.75) is 14.1 Å². The molecule has 0 aliphatic rings. The van der Waals surface area contributed by atoms with Gasteiger partial charge in [0.2, 0.25) is 13.6 Å². The number of nitrogens with one attached hydrogen (secondary N) is 1. The Labute approximate surface area is 169 Å². The number of hydrogen-bond donors (Lipinski definition) is 1. The number of carbonyl (C=O) groups is 1. The lowest BCUT2D eigenvalue weighted by Crippen LogP contribution is -2.49. The van der Waals surface area contributed by atoms with Crippen LogP contribution in [0.25, 0.3) is 0 Å². The number of carbonyl (C=O) groups excluding carboxylic acids is 1. The van der Waals surface area contributed by atoms with Gasteiger partial charge in [-0.25, -0.2) is 8.42 Å². The number of benzene rings is 2. The molecule has 4 nitrogen and oxygen atoms in total. The van der Waals surface area contributed by atoms with Crippen molar-refractivity contribution >= 4 is 73.7 Å². The minimum Gasteiger partial charge on any atom is -0.332 e. The summed E-state index contributed by atoms with van der Waals surface area (Å²) in [5, 5.41) is 0.395. The molecule has 134 valence electrons. The van der Waals surface area contributed by atoms with Crippen LogP contribution in [0.2, 0.25) is 10.0 Å². The standard InChI is InChI=1S/C15H10Cl5NO3S/c16-10-6-2-1-5-9(10)13(22)21-14(15(18,19)20)25(23,24)12-8-4-3-7-11(12)17/h1-8,14H,(H,21,22). The Morgan fingerprint density at radius 1 is 0.920 bits per heavy atom. The zero-order chi connectivity index (χ0) is 18.8. The van der Waals surface area contributed by atoms with Crippen molar-refractivity contribution in [2.24, 2.45) is 0 Å². The molecular weight excluding hydrogens is 452 g/mol. The first-order valence-electron chi connectivity index (χ1n) is 6.65. The molecular formula is C15H10Cl5NO3S. The van der Waals surface area contributed by atoms with Gasteiger partial charge in [-0.05, 0) is 24.3 Å². The molecule has 0 spiro atoms. The molecule has 0 fully saturated rings. The molecule has 0 aliphatic carbocycles. The van der Waals surface area contributed by atoms with E-state index in [9.17, 15) is 13.2 Å². The molecule has 0 aromatic heterocycles. The number of rotatable bonds is 4. The molecule has 1 N–H and O–H groups in total. The Bertz CT molecular complexity index is 896. The van der Waals surface area contributed by atoms with Crippen molar-refractivity contribution in [3.63, 3.8) is 0 Å². The molecule has 0 heterocycles. The Morgan fingerprint density at radius 2 is 1.44 bits per heavy atom. The lowest BCUT2D eigenvalue weighted by molar-refractivity contribution is 0.0948. The molecule has 1 atom stereocenters. The largest absolute Gasteiger partial charge is 0.332 e. The predicted octanol–water partition coefficient (Wildman–Crippen LogP) is 4.89. The Balaban J connectivity index is 2.46. The molecule has 1 amide bonds. The minimum absolute atomic E-state index is 0.0396. The van der Waals surface area contributed by atoms with Crippen LogP contribution in [0.3, 0.4) is 0 Å². The highest BCUT2D eigenvalue weighted by atomic mass is 35.6. The van der Waals surface area contributed by atoms with Crippen LogP contribution in [0.15, 0.2) is 53.4 Å². The number of halogens is 5. The van der Waals surface area contributed by atoms with Gasteiger partial charge in [0.25, 0.3) is 5.91 Å². The van der Waals surface area contributed by atoms with Crippen LogP contribution in [0.1, 0.15) is 10.4 Å². The summed E-state index contributed by atoms with van der Waals surface area (Å²) in [4.78, 5) is 12.1. The van der Waals surface area contributed by atoms with Crippen molar-refractivity contribution in [1.82, 2.24) is 5.32 Å². The fourth-order valence-corrected chi connectivity index (χ4v) is 5.36. The summed E-state index contributed by atoms with van der Waals surface area (Å²) in [6, 6.07) is 11.7. The molecule has 10 heteroatoms. The van der Waals surface area contributed by atoms with Crippen LogP contribution in [-0.4, -0.2) is 23.5 Å². The van der Waals surface area contributed by atoms with Gasteiger partial charge >= 0.3 is 0 Å². The van der Waals surface area contributed by atoms with E-state index in [1.807, 2.05) is 0 Å². The van der Waals surface area contributed by atoms with E-state index < -0.39 is 24.9 Å². The molecule has 0 bridgehead atoms. The van der Waals surface area contributed by atoms with Crippen LogP contribution in [0, 0.1) is 0 Å². The number of amides is 1. The number of hydrogen-bond acceptors (Lipinski definition) is 3. The van der Waals surface area contributed by atoms with Gasteiger partial charge in [-0.2, -0.15) is 0 Å². The molecule has 1 unspecified atom stereocenters. The third-order valence-electron chi connectivity index (χ3n) is 3.13. The van der Waals surface area contributed by atoms with E-state index >= 15 is 0 Å². The topological polar surface area (TPSA) is 63.2 Å². The average Bonchev–Trinajstić information content (AvgIpc) is 2.51. The highest BCUT2D eigenvalue weighted by Crippen LogP contribution is 2.37. The molecule has 2 aromatic carbocycles. The van der Waals surface area contributed by atoms with Gasteiger partial charge in [0.1, 0.15) is 0 Å². The highest BCUT2D eigenvalue weighted by Gasteiger charge is 2.45. The third kappa shape index (κ3) is 4.73. The van der Waals surface area contributed by atoms with Crippen molar-refractivity contribution in [1.29, 1.82) is 0 Å². The summed E-state index contributed by atoms with van der Waals surface area (Å²) in [6.07, 6.45) is 0. The SMILES string of the molecule is O=C(NC(C(Cl)(Cl)Cl)S(=O)(=O)c1ccccc1Cl)c1ccccc1Cl. The first-order chi connectivity index (χ1) is 11.5. The first kappa shape index (κ1) is 20.6. The minimum atomic E-state index is -4.31. The van der Waals surface area contributed by atoms with Crippen molar-refractivity contribution < 1.29 is 13.2 Å². The summed E-state index contributed by atoms with van der Waals surface area (Å²) in [7, 11) is -4.31. The summed E-state index contributed by atoms with van der Waals surface area (Å²) in [6.45, 7) is 0. The van der Waals surface area contributed by atoms with E-state index in [0.29, 0.717) is 0 Å². The second kappa shape index (κ2) is 7.91. The maximum atomic E-state index is 12.9. The summed E-state index contributed by atoms with van der Waals surface area (Å²) < 4.78 is 23.4. The van der Waals surface area contributed by atoms with Gasteiger partial charge in [0.15, 0.2) is 5.37 Å². The second-order valence-corrected chi connectivity index (χ2v) is 10.0. The van der Waals surface area contributed by atoms with E-state index in [4.69, 9.17) is 58.0 Å². The second-order valence-electron chi connectivity index (χ2n) is 4.85. The van der Waals surface area contributed by atoms with Crippen LogP contribution < -0.4 is 5.32 Å². The molecule has 25 heavy (non-hydrogen) atoms. The predicted molar refractivity (Wildman–Crippen MR) is 102 cm³/mol. The highest BCUT2D eigenvalue weighted by molar-refractivity contribution is 7.92. The van der Waals surface area contributed by atoms with E-state index in [2.05, 4.69) is 5.32 Å². The lowest BCUT2D eigenvalue weighted by atomic mass is 10.2. The van der Waals surface area contributed by atoms with Gasteiger partial charge in [-0.15, -0.1) is 0 Å². The van der Waals surface area contributed by atoms with Crippen molar-refractivity contribution in [3.05, 3.63) is 64.1 Å². The summed E-state index contributed by atoms with van der Waals surface area (Å²) in [5.74, 6) is -0.808. The molecule has 0 aliphatic heterocycles. The summed E-state index contributed by atoms with van der Waals surface area (Å²) >= 11 is 29.3. The van der Waals surface area contributed by atoms with Crippen LogP contribution in [0.4, 0.5) is 0 Å². The maximum Gasteiger partial charge on any atom is 0.253 e. The quantitative estimate of drug-likeness (QED) is 0.659. The smallest absolute Gasteiger partial charge is 0.253 e. The van der Waals surface area contributed by atoms with Gasteiger partial charge in [0, 0.05) is 0 Å². The van der Waals surface area contributed by atoms with E-state index in [1.165, 1.54) is 30.3 Å². The Morgan fingerprint density at radius 3 is 1.96 bits per heavy atom. The fourth-order valence-electron chi connectivity index (χ4n) is 1.98. The molecule has 2 aromatic rings. The van der Waals surface area contributed by atoms with Crippen LogP contribution in [-0.2, 0) is 9.84 Å². The van der Waals surface area contributed by atoms with Gasteiger partial charge < -0.3 is 5.32 Å². The molecule has 0 saturated carbocycles. The zero-order valence-corrected chi connectivity index (χ0v) is 16.8. The fraction of sp³-hybridized carbons (Fsp3) is 0.133. The monoisotopic (exact) mass is 459 g/mol. The summed E-state index contributed by atoms with van der Waals surface area (Å²) in [5.41, 5.74) is 0.0396. The van der Waals surface area contributed by atoms with Crippen LogP contribution in [0.5, 0.6) is 0 Å². The van der Waals surface area contributed by atoms with Crippen LogP contribution >= 0.6 is 58.0 Å². The first-order valence-corrected chi connectivity index (χ1v) is 10.1. The number of sulfone groups is 1. The Kier molecular flexibility index (Phi) is 6.52. The lowest BCUT2D eigenvalue weighted by Gasteiger charge is -2.26. The molecule has 0 saturated heterocycles. The van der Waals surface area contributed by atoms with E-state index in [1.54, 1.807) is 18.2 Å². The molecule has 2 rings (SSSR count). The van der Waals surface area contributed by atoms with Crippen molar-refractivity contribution in [2.75, 3.05) is 0 Å². The van der Waals surface area contributed by atoms with Gasteiger partial charge in [0.05, 0.1) is 20.5 Å².